The third kappa shape index (κ3) is 2.88. The average Bonchev–Trinajstić information content (AvgIpc) is 2.46. The molecule has 0 N–H and O–H groups in total. The number of pyridine rings is 1. The molecule has 0 fully saturated rings. The number of non-ortho nitro benzene ring substituents is 1. The summed E-state index contributed by atoms with van der Waals surface area (Å²) in [6.45, 7) is 3.48. The molecule has 5 heteroatoms. The van der Waals surface area contributed by atoms with Crippen LogP contribution < -0.4 is 0 Å². The summed E-state index contributed by atoms with van der Waals surface area (Å²) in [5, 5.41) is 10.8. The van der Waals surface area contributed by atoms with Gasteiger partial charge in [-0.1, -0.05) is 6.07 Å². The first-order valence-electron chi connectivity index (χ1n) is 6.20. The summed E-state index contributed by atoms with van der Waals surface area (Å²) in [6.07, 6.45) is 1.62. The molecule has 0 saturated carbocycles. The minimum atomic E-state index is -0.491. The van der Waals surface area contributed by atoms with E-state index in [1.165, 1.54) is 12.1 Å². The molecule has 0 amide bonds. The van der Waals surface area contributed by atoms with Crippen molar-refractivity contribution in [2.75, 3.05) is 0 Å². The van der Waals surface area contributed by atoms with Gasteiger partial charge in [-0.05, 0) is 37.6 Å². The Morgan fingerprint density at radius 1 is 1.30 bits per heavy atom. The van der Waals surface area contributed by atoms with Crippen LogP contribution in [0.4, 0.5) is 5.69 Å². The number of nitro groups is 1. The first-order valence-corrected chi connectivity index (χ1v) is 6.20. The molecule has 0 aliphatic heterocycles. The summed E-state index contributed by atoms with van der Waals surface area (Å²) in [6, 6.07) is 9.78. The predicted molar refractivity (Wildman–Crippen MR) is 74.8 cm³/mol. The molecule has 0 aliphatic carbocycles. The number of aryl methyl sites for hydroxylation is 1. The number of hydrogen-bond donors (Lipinski definition) is 0. The Morgan fingerprint density at radius 2 is 2.05 bits per heavy atom. The fourth-order valence-corrected chi connectivity index (χ4v) is 2.03. The molecule has 5 nitrogen and oxygen atoms in total. The molecule has 0 aliphatic rings. The molecule has 0 radical (unpaired) electrons. The van der Waals surface area contributed by atoms with Gasteiger partial charge in [-0.25, -0.2) is 0 Å². The molecule has 2 aromatic rings. The van der Waals surface area contributed by atoms with Crippen LogP contribution in [0.25, 0.3) is 0 Å². The van der Waals surface area contributed by atoms with Crippen molar-refractivity contribution in [3.8, 4) is 0 Å². The third-order valence-electron chi connectivity index (χ3n) is 3.08. The van der Waals surface area contributed by atoms with E-state index in [1.807, 2.05) is 6.07 Å². The maximum Gasteiger partial charge on any atom is 0.270 e. The van der Waals surface area contributed by atoms with Crippen molar-refractivity contribution in [1.82, 2.24) is 4.98 Å². The smallest absolute Gasteiger partial charge is 0.270 e. The minimum absolute atomic E-state index is 0.0680. The van der Waals surface area contributed by atoms with Gasteiger partial charge in [0.15, 0.2) is 5.78 Å². The second-order valence-electron chi connectivity index (χ2n) is 4.65. The van der Waals surface area contributed by atoms with Gasteiger partial charge in [-0.2, -0.15) is 0 Å². The van der Waals surface area contributed by atoms with Crippen LogP contribution in [0.1, 0.15) is 34.5 Å². The molecule has 102 valence electrons. The average molecular weight is 270 g/mol. The molecule has 0 saturated heterocycles. The molecular formula is C15H14N2O3. The third-order valence-corrected chi connectivity index (χ3v) is 3.08. The van der Waals surface area contributed by atoms with Gasteiger partial charge in [0.25, 0.3) is 5.69 Å². The van der Waals surface area contributed by atoms with E-state index in [4.69, 9.17) is 0 Å². The largest absolute Gasteiger partial charge is 0.293 e. The standard InChI is InChI=1S/C15H14N2O3/c1-10-7-12(9-13(8-10)17(19)20)15(18)11(2)14-5-3-4-6-16-14/h3-9,11H,1-2H3. The number of benzene rings is 1. The fraction of sp³-hybridized carbons (Fsp3) is 0.200. The quantitative estimate of drug-likeness (QED) is 0.485. The van der Waals surface area contributed by atoms with Crippen LogP contribution in [-0.2, 0) is 0 Å². The lowest BCUT2D eigenvalue weighted by molar-refractivity contribution is -0.384. The molecule has 1 unspecified atom stereocenters. The number of nitro benzene ring substituents is 1. The van der Waals surface area contributed by atoms with Crippen LogP contribution in [0, 0.1) is 17.0 Å². The van der Waals surface area contributed by atoms with Crippen LogP contribution in [-0.4, -0.2) is 15.7 Å². The monoisotopic (exact) mass is 270 g/mol. The van der Waals surface area contributed by atoms with Crippen molar-refractivity contribution in [2.24, 2.45) is 0 Å². The highest BCUT2D eigenvalue weighted by Gasteiger charge is 2.20. The second kappa shape index (κ2) is 5.61. The van der Waals surface area contributed by atoms with Crippen LogP contribution in [0.3, 0.4) is 0 Å². The predicted octanol–water partition coefficient (Wildman–Crippen LogP) is 3.28. The summed E-state index contributed by atoms with van der Waals surface area (Å²) in [5.41, 5.74) is 1.62. The number of carbonyl (C=O) groups is 1. The van der Waals surface area contributed by atoms with E-state index >= 15 is 0 Å². The Labute approximate surface area is 116 Å². The van der Waals surface area contributed by atoms with Gasteiger partial charge in [0, 0.05) is 23.9 Å². The number of ketones is 1. The normalized spacial score (nSPS) is 11.9. The van der Waals surface area contributed by atoms with E-state index in [1.54, 1.807) is 38.2 Å². The van der Waals surface area contributed by atoms with E-state index in [9.17, 15) is 14.9 Å². The molecule has 20 heavy (non-hydrogen) atoms. The first kappa shape index (κ1) is 13.9. The molecule has 0 spiro atoms. The zero-order chi connectivity index (χ0) is 14.7. The van der Waals surface area contributed by atoms with E-state index in [2.05, 4.69) is 4.98 Å². The summed E-state index contributed by atoms with van der Waals surface area (Å²) < 4.78 is 0. The summed E-state index contributed by atoms with van der Waals surface area (Å²) in [4.78, 5) is 26.9. The van der Waals surface area contributed by atoms with Gasteiger partial charge in [-0.3, -0.25) is 19.9 Å². The molecule has 2 rings (SSSR count). The van der Waals surface area contributed by atoms with Gasteiger partial charge in [0.1, 0.15) is 0 Å². The van der Waals surface area contributed by atoms with E-state index < -0.39 is 10.8 Å². The molecular weight excluding hydrogens is 256 g/mol. The van der Waals surface area contributed by atoms with Crippen molar-refractivity contribution in [2.45, 2.75) is 19.8 Å². The van der Waals surface area contributed by atoms with Crippen molar-refractivity contribution >= 4 is 11.5 Å². The zero-order valence-electron chi connectivity index (χ0n) is 11.2. The lowest BCUT2D eigenvalue weighted by Gasteiger charge is -2.10. The van der Waals surface area contributed by atoms with Crippen molar-refractivity contribution in [3.05, 3.63) is 69.5 Å². The maximum absolute atomic E-state index is 12.4. The fourth-order valence-electron chi connectivity index (χ4n) is 2.03. The Balaban J connectivity index is 2.36. The number of hydrogen-bond acceptors (Lipinski definition) is 4. The van der Waals surface area contributed by atoms with E-state index in [0.717, 1.165) is 0 Å². The second-order valence-corrected chi connectivity index (χ2v) is 4.65. The lowest BCUT2D eigenvalue weighted by atomic mass is 9.94. The Hall–Kier alpha value is -2.56. The number of Topliss-reactive ketones (excluding diaryl/α,β-unsaturated/α-hetero) is 1. The van der Waals surface area contributed by atoms with Gasteiger partial charge >= 0.3 is 0 Å². The summed E-state index contributed by atoms with van der Waals surface area (Å²) >= 11 is 0. The summed E-state index contributed by atoms with van der Waals surface area (Å²) in [5.74, 6) is -0.604. The topological polar surface area (TPSA) is 73.1 Å². The Bertz CT molecular complexity index is 653. The van der Waals surface area contributed by atoms with Crippen LogP contribution >= 0.6 is 0 Å². The molecule has 0 bridgehead atoms. The summed E-state index contributed by atoms with van der Waals surface area (Å²) in [7, 11) is 0. The number of rotatable bonds is 4. The lowest BCUT2D eigenvalue weighted by Crippen LogP contribution is -2.11. The Morgan fingerprint density at radius 3 is 2.65 bits per heavy atom. The van der Waals surface area contributed by atoms with Crippen molar-refractivity contribution in [3.63, 3.8) is 0 Å². The van der Waals surface area contributed by atoms with Crippen LogP contribution in [0.5, 0.6) is 0 Å². The van der Waals surface area contributed by atoms with Gasteiger partial charge in [0.05, 0.1) is 16.5 Å². The van der Waals surface area contributed by atoms with E-state index in [-0.39, 0.29) is 11.5 Å². The van der Waals surface area contributed by atoms with Crippen molar-refractivity contribution in [1.29, 1.82) is 0 Å². The first-order chi connectivity index (χ1) is 9.49. The van der Waals surface area contributed by atoms with Gasteiger partial charge in [-0.15, -0.1) is 0 Å². The minimum Gasteiger partial charge on any atom is -0.293 e. The highest BCUT2D eigenvalue weighted by Crippen LogP contribution is 2.23. The van der Waals surface area contributed by atoms with Crippen molar-refractivity contribution < 1.29 is 9.72 Å². The molecule has 1 heterocycles. The highest BCUT2D eigenvalue weighted by molar-refractivity contribution is 6.01. The number of carbonyl (C=O) groups excluding carboxylic acids is 1. The van der Waals surface area contributed by atoms with Gasteiger partial charge in [0.2, 0.25) is 0 Å². The molecule has 1 aromatic heterocycles. The van der Waals surface area contributed by atoms with Crippen LogP contribution in [0.15, 0.2) is 42.6 Å². The number of nitrogens with zero attached hydrogens (tertiary/aromatic N) is 2. The van der Waals surface area contributed by atoms with E-state index in [0.29, 0.717) is 16.8 Å². The van der Waals surface area contributed by atoms with Gasteiger partial charge < -0.3 is 0 Å². The Kier molecular flexibility index (Phi) is 3.89. The zero-order valence-corrected chi connectivity index (χ0v) is 11.2. The molecule has 1 aromatic carbocycles. The molecule has 1 atom stereocenters. The maximum atomic E-state index is 12.4. The SMILES string of the molecule is Cc1cc(C(=O)C(C)c2ccccn2)cc([N+](=O)[O-])c1. The number of aromatic nitrogens is 1. The van der Waals surface area contributed by atoms with Crippen LogP contribution in [0.2, 0.25) is 0 Å². The highest BCUT2D eigenvalue weighted by atomic mass is 16.6.